The summed E-state index contributed by atoms with van der Waals surface area (Å²) in [4.78, 5) is 43.6. The minimum Gasteiger partial charge on any atom is -0.345 e. The van der Waals surface area contributed by atoms with Crippen molar-refractivity contribution in [3.63, 3.8) is 0 Å². The van der Waals surface area contributed by atoms with Gasteiger partial charge in [0.2, 0.25) is 17.7 Å². The summed E-state index contributed by atoms with van der Waals surface area (Å²) in [7, 11) is 1.78. The minimum atomic E-state index is -0.343. The maximum Gasteiger partial charge on any atom is 0.227 e. The number of nitrogens with zero attached hydrogens (tertiary/aromatic N) is 3. The first-order chi connectivity index (χ1) is 13.4. The van der Waals surface area contributed by atoms with E-state index in [0.717, 1.165) is 17.7 Å². The second kappa shape index (κ2) is 8.65. The first-order valence-electron chi connectivity index (χ1n) is 9.26. The number of benzene rings is 1. The van der Waals surface area contributed by atoms with E-state index >= 15 is 0 Å². The Morgan fingerprint density at radius 1 is 1.18 bits per heavy atom. The average Bonchev–Trinajstić information content (AvgIpc) is 3.08. The Hall–Kier alpha value is -3.22. The summed E-state index contributed by atoms with van der Waals surface area (Å²) in [5, 5.41) is 2.70. The molecule has 1 fully saturated rings. The molecular weight excluding hydrogens is 356 g/mol. The number of aromatic nitrogens is 1. The number of carbonyl (C=O) groups excluding carboxylic acids is 3. The molecule has 2 aromatic rings. The summed E-state index contributed by atoms with van der Waals surface area (Å²) >= 11 is 0. The van der Waals surface area contributed by atoms with E-state index in [2.05, 4.69) is 10.3 Å². The highest BCUT2D eigenvalue weighted by atomic mass is 16.2. The topological polar surface area (TPSA) is 82.6 Å². The zero-order valence-electron chi connectivity index (χ0n) is 16.1. The molecule has 2 heterocycles. The van der Waals surface area contributed by atoms with Gasteiger partial charge in [-0.25, -0.2) is 0 Å². The Morgan fingerprint density at radius 2 is 1.86 bits per heavy atom. The lowest BCUT2D eigenvalue weighted by Gasteiger charge is -2.21. The molecule has 3 rings (SSSR count). The van der Waals surface area contributed by atoms with Gasteiger partial charge in [-0.15, -0.1) is 0 Å². The largest absolute Gasteiger partial charge is 0.345 e. The number of hydrogen-bond acceptors (Lipinski definition) is 4. The maximum absolute atomic E-state index is 12.8. The summed E-state index contributed by atoms with van der Waals surface area (Å²) in [6.07, 6.45) is 4.44. The number of hydrogen-bond donors (Lipinski definition) is 1. The van der Waals surface area contributed by atoms with E-state index < -0.39 is 0 Å². The smallest absolute Gasteiger partial charge is 0.227 e. The molecule has 1 aliphatic heterocycles. The molecule has 0 radical (unpaired) electrons. The van der Waals surface area contributed by atoms with Gasteiger partial charge in [-0.3, -0.25) is 19.4 Å². The van der Waals surface area contributed by atoms with Gasteiger partial charge in [-0.05, 0) is 48.4 Å². The molecule has 1 aliphatic rings. The molecule has 1 atom stereocenters. The van der Waals surface area contributed by atoms with Crippen LogP contribution >= 0.6 is 0 Å². The minimum absolute atomic E-state index is 0.0141. The van der Waals surface area contributed by atoms with E-state index in [1.165, 1.54) is 6.92 Å². The molecule has 1 N–H and O–H groups in total. The van der Waals surface area contributed by atoms with E-state index in [9.17, 15) is 14.4 Å². The van der Waals surface area contributed by atoms with Crippen molar-refractivity contribution >= 4 is 29.1 Å². The highest BCUT2D eigenvalue weighted by Gasteiger charge is 2.36. The Kier molecular flexibility index (Phi) is 6.03. The number of likely N-dealkylation sites (N-methyl/N-ethyl adjacent to an activating group) is 1. The third kappa shape index (κ3) is 4.73. The number of amides is 3. The standard InChI is InChI=1S/C21H24N4O3/c1-15(26)23-18-3-5-19(6-4-18)25-14-17(13-20(25)27)21(28)24(2)12-9-16-7-10-22-11-8-16/h3-8,10-11,17H,9,12-14H2,1-2H3,(H,23,26). The lowest BCUT2D eigenvalue weighted by atomic mass is 10.1. The molecule has 1 aromatic heterocycles. The number of pyridine rings is 1. The number of anilines is 2. The van der Waals surface area contributed by atoms with Crippen molar-refractivity contribution in [3.05, 3.63) is 54.4 Å². The van der Waals surface area contributed by atoms with Crippen LogP contribution in [0.15, 0.2) is 48.8 Å². The number of rotatable bonds is 6. The van der Waals surface area contributed by atoms with Crippen LogP contribution in [0.2, 0.25) is 0 Å². The SMILES string of the molecule is CC(=O)Nc1ccc(N2CC(C(=O)N(C)CCc3ccncc3)CC2=O)cc1. The maximum atomic E-state index is 12.8. The van der Waals surface area contributed by atoms with Crippen LogP contribution in [0.4, 0.5) is 11.4 Å². The van der Waals surface area contributed by atoms with Crippen molar-refractivity contribution < 1.29 is 14.4 Å². The van der Waals surface area contributed by atoms with E-state index in [0.29, 0.717) is 18.8 Å². The van der Waals surface area contributed by atoms with Gasteiger partial charge < -0.3 is 15.1 Å². The van der Waals surface area contributed by atoms with Crippen molar-refractivity contribution in [3.8, 4) is 0 Å². The van der Waals surface area contributed by atoms with Crippen LogP contribution in [0, 0.1) is 5.92 Å². The molecular formula is C21H24N4O3. The van der Waals surface area contributed by atoms with Crippen molar-refractivity contribution in [2.24, 2.45) is 5.92 Å². The molecule has 3 amide bonds. The van der Waals surface area contributed by atoms with Gasteiger partial charge in [-0.1, -0.05) is 0 Å². The second-order valence-electron chi connectivity index (χ2n) is 7.00. The van der Waals surface area contributed by atoms with Gasteiger partial charge in [0.15, 0.2) is 0 Å². The zero-order valence-corrected chi connectivity index (χ0v) is 16.1. The predicted octanol–water partition coefficient (Wildman–Crippen LogP) is 2.09. The van der Waals surface area contributed by atoms with Crippen LogP contribution in [0.5, 0.6) is 0 Å². The fourth-order valence-corrected chi connectivity index (χ4v) is 3.32. The quantitative estimate of drug-likeness (QED) is 0.832. The Bertz CT molecular complexity index is 852. The van der Waals surface area contributed by atoms with Crippen molar-refractivity contribution in [2.75, 3.05) is 30.4 Å². The third-order valence-corrected chi connectivity index (χ3v) is 4.84. The van der Waals surface area contributed by atoms with Crippen LogP contribution in [-0.4, -0.2) is 47.7 Å². The van der Waals surface area contributed by atoms with Gasteiger partial charge in [0.1, 0.15) is 0 Å². The van der Waals surface area contributed by atoms with Gasteiger partial charge in [0, 0.05) is 57.3 Å². The van der Waals surface area contributed by atoms with E-state index in [-0.39, 0.29) is 30.1 Å². The molecule has 0 spiro atoms. The van der Waals surface area contributed by atoms with Crippen LogP contribution in [0.3, 0.4) is 0 Å². The summed E-state index contributed by atoms with van der Waals surface area (Å²) in [6.45, 7) is 2.41. The number of carbonyl (C=O) groups is 3. The van der Waals surface area contributed by atoms with E-state index in [1.807, 2.05) is 12.1 Å². The van der Waals surface area contributed by atoms with Crippen molar-refractivity contribution in [1.82, 2.24) is 9.88 Å². The lowest BCUT2D eigenvalue weighted by Crippen LogP contribution is -2.36. The summed E-state index contributed by atoms with van der Waals surface area (Å²) in [5.41, 5.74) is 2.53. The van der Waals surface area contributed by atoms with Gasteiger partial charge in [0.25, 0.3) is 0 Å². The van der Waals surface area contributed by atoms with Crippen LogP contribution < -0.4 is 10.2 Å². The molecule has 0 bridgehead atoms. The first kappa shape index (κ1) is 19.5. The molecule has 1 aromatic carbocycles. The van der Waals surface area contributed by atoms with E-state index in [4.69, 9.17) is 0 Å². The zero-order chi connectivity index (χ0) is 20.1. The van der Waals surface area contributed by atoms with Crippen LogP contribution in [0.25, 0.3) is 0 Å². The molecule has 7 nitrogen and oxygen atoms in total. The molecule has 1 saturated heterocycles. The van der Waals surface area contributed by atoms with E-state index in [1.54, 1.807) is 53.5 Å². The second-order valence-corrected chi connectivity index (χ2v) is 7.00. The molecule has 28 heavy (non-hydrogen) atoms. The lowest BCUT2D eigenvalue weighted by molar-refractivity contribution is -0.134. The Labute approximate surface area is 164 Å². The van der Waals surface area contributed by atoms with Gasteiger partial charge in [-0.2, -0.15) is 0 Å². The fraction of sp³-hybridized carbons (Fsp3) is 0.333. The van der Waals surface area contributed by atoms with Crippen molar-refractivity contribution in [2.45, 2.75) is 19.8 Å². The fourth-order valence-electron chi connectivity index (χ4n) is 3.32. The summed E-state index contributed by atoms with van der Waals surface area (Å²) in [6, 6.07) is 10.9. The molecule has 7 heteroatoms. The third-order valence-electron chi connectivity index (χ3n) is 4.84. The van der Waals surface area contributed by atoms with Crippen LogP contribution in [-0.2, 0) is 20.8 Å². The van der Waals surface area contributed by atoms with Gasteiger partial charge in [0.05, 0.1) is 5.92 Å². The normalized spacial score (nSPS) is 16.1. The Morgan fingerprint density at radius 3 is 2.50 bits per heavy atom. The average molecular weight is 380 g/mol. The highest BCUT2D eigenvalue weighted by Crippen LogP contribution is 2.27. The van der Waals surface area contributed by atoms with Gasteiger partial charge >= 0.3 is 0 Å². The number of nitrogens with one attached hydrogen (secondary N) is 1. The summed E-state index contributed by atoms with van der Waals surface area (Å²) < 4.78 is 0. The first-order valence-corrected chi connectivity index (χ1v) is 9.26. The monoisotopic (exact) mass is 380 g/mol. The molecule has 1 unspecified atom stereocenters. The predicted molar refractivity (Wildman–Crippen MR) is 107 cm³/mol. The molecule has 0 saturated carbocycles. The Balaban J connectivity index is 1.58. The van der Waals surface area contributed by atoms with Crippen molar-refractivity contribution in [1.29, 1.82) is 0 Å². The molecule has 146 valence electrons. The highest BCUT2D eigenvalue weighted by molar-refractivity contribution is 6.00. The molecule has 0 aliphatic carbocycles. The summed E-state index contributed by atoms with van der Waals surface area (Å²) in [5.74, 6) is -0.566. The van der Waals surface area contributed by atoms with Crippen LogP contribution in [0.1, 0.15) is 18.9 Å².